The van der Waals surface area contributed by atoms with Gasteiger partial charge in [0.15, 0.2) is 0 Å². The van der Waals surface area contributed by atoms with E-state index in [-0.39, 0.29) is 0 Å². The van der Waals surface area contributed by atoms with Crippen LogP contribution < -0.4 is 10.1 Å². The van der Waals surface area contributed by atoms with E-state index in [2.05, 4.69) is 37.4 Å². The average molecular weight is 287 g/mol. The van der Waals surface area contributed by atoms with Crippen LogP contribution in [0.2, 0.25) is 0 Å². The Morgan fingerprint density at radius 2 is 2.00 bits per heavy atom. The van der Waals surface area contributed by atoms with E-state index >= 15 is 0 Å². The lowest BCUT2D eigenvalue weighted by molar-refractivity contribution is 0.247. The zero-order valence-electron chi connectivity index (χ0n) is 13.6. The molecule has 0 amide bonds. The lowest BCUT2D eigenvalue weighted by atomic mass is 9.83. The highest BCUT2D eigenvalue weighted by atomic mass is 16.5. The SMILES string of the molecule is COc1ccccc1CC(C)NC(C)C1CC2CCC1C2. The molecule has 2 fully saturated rings. The van der Waals surface area contributed by atoms with Gasteiger partial charge in [-0.3, -0.25) is 0 Å². The first-order valence-corrected chi connectivity index (χ1v) is 8.55. The predicted molar refractivity (Wildman–Crippen MR) is 87.7 cm³/mol. The fourth-order valence-electron chi connectivity index (χ4n) is 4.74. The van der Waals surface area contributed by atoms with Gasteiger partial charge in [0.05, 0.1) is 7.11 Å². The van der Waals surface area contributed by atoms with E-state index in [0.29, 0.717) is 12.1 Å². The third-order valence-corrected chi connectivity index (χ3v) is 5.70. The molecule has 0 radical (unpaired) electrons. The first kappa shape index (κ1) is 14.9. The van der Waals surface area contributed by atoms with Crippen LogP contribution in [0.25, 0.3) is 0 Å². The van der Waals surface area contributed by atoms with Crippen LogP contribution in [-0.2, 0) is 6.42 Å². The van der Waals surface area contributed by atoms with Crippen molar-refractivity contribution in [2.24, 2.45) is 17.8 Å². The molecule has 0 aliphatic heterocycles. The number of rotatable bonds is 6. The molecular weight excluding hydrogens is 258 g/mol. The second kappa shape index (κ2) is 6.39. The van der Waals surface area contributed by atoms with Crippen LogP contribution in [0.1, 0.15) is 45.1 Å². The van der Waals surface area contributed by atoms with Crippen molar-refractivity contribution in [1.29, 1.82) is 0 Å². The monoisotopic (exact) mass is 287 g/mol. The summed E-state index contributed by atoms with van der Waals surface area (Å²) >= 11 is 0. The molecule has 2 aliphatic carbocycles. The number of fused-ring (bicyclic) bond motifs is 2. The molecule has 2 saturated carbocycles. The zero-order chi connectivity index (χ0) is 14.8. The zero-order valence-corrected chi connectivity index (χ0v) is 13.6. The van der Waals surface area contributed by atoms with Gasteiger partial charge in [0.1, 0.15) is 5.75 Å². The third-order valence-electron chi connectivity index (χ3n) is 5.70. The normalized spacial score (nSPS) is 30.3. The van der Waals surface area contributed by atoms with Crippen LogP contribution in [0.4, 0.5) is 0 Å². The molecule has 116 valence electrons. The van der Waals surface area contributed by atoms with Gasteiger partial charge in [-0.2, -0.15) is 0 Å². The summed E-state index contributed by atoms with van der Waals surface area (Å²) in [4.78, 5) is 0. The van der Waals surface area contributed by atoms with E-state index in [1.54, 1.807) is 7.11 Å². The minimum absolute atomic E-state index is 0.496. The Balaban J connectivity index is 1.55. The quantitative estimate of drug-likeness (QED) is 0.852. The second-order valence-electron chi connectivity index (χ2n) is 7.21. The van der Waals surface area contributed by atoms with Gasteiger partial charge in [-0.1, -0.05) is 24.6 Å². The molecule has 0 spiro atoms. The van der Waals surface area contributed by atoms with Gasteiger partial charge in [-0.05, 0) is 68.9 Å². The van der Waals surface area contributed by atoms with Gasteiger partial charge < -0.3 is 10.1 Å². The molecule has 0 heterocycles. The lowest BCUT2D eigenvalue weighted by Gasteiger charge is -2.31. The summed E-state index contributed by atoms with van der Waals surface area (Å²) in [6, 6.07) is 9.52. The standard InChI is InChI=1S/C19H29NO/c1-13(10-17-6-4-5-7-19(17)21-3)20-14(2)18-12-15-8-9-16(18)11-15/h4-7,13-16,18,20H,8-12H2,1-3H3. The second-order valence-corrected chi connectivity index (χ2v) is 7.21. The molecule has 21 heavy (non-hydrogen) atoms. The Bertz CT molecular complexity index is 472. The van der Waals surface area contributed by atoms with Crippen molar-refractivity contribution in [2.45, 2.75) is 58.0 Å². The summed E-state index contributed by atoms with van der Waals surface area (Å²) < 4.78 is 5.46. The number of methoxy groups -OCH3 is 1. The van der Waals surface area contributed by atoms with Crippen molar-refractivity contribution in [3.8, 4) is 5.75 Å². The number of nitrogens with one attached hydrogen (secondary N) is 1. The topological polar surface area (TPSA) is 21.3 Å². The fourth-order valence-corrected chi connectivity index (χ4v) is 4.74. The molecule has 1 aromatic carbocycles. The average Bonchev–Trinajstić information content (AvgIpc) is 3.10. The number of ether oxygens (including phenoxy) is 1. The van der Waals surface area contributed by atoms with Crippen LogP contribution in [0, 0.1) is 17.8 Å². The predicted octanol–water partition coefficient (Wildman–Crippen LogP) is 4.04. The largest absolute Gasteiger partial charge is 0.496 e. The van der Waals surface area contributed by atoms with Crippen molar-refractivity contribution in [2.75, 3.05) is 7.11 Å². The summed E-state index contributed by atoms with van der Waals surface area (Å²) in [5, 5.41) is 3.85. The number of para-hydroxylation sites is 1. The maximum atomic E-state index is 5.46. The van der Waals surface area contributed by atoms with Gasteiger partial charge in [-0.25, -0.2) is 0 Å². The van der Waals surface area contributed by atoms with Crippen molar-refractivity contribution in [3.63, 3.8) is 0 Å². The first-order chi connectivity index (χ1) is 10.2. The van der Waals surface area contributed by atoms with Crippen LogP contribution in [0.5, 0.6) is 5.75 Å². The minimum Gasteiger partial charge on any atom is -0.496 e. The summed E-state index contributed by atoms with van der Waals surface area (Å²) in [6.45, 7) is 4.69. The highest BCUT2D eigenvalue weighted by Gasteiger charge is 2.41. The summed E-state index contributed by atoms with van der Waals surface area (Å²) in [5.41, 5.74) is 1.31. The Kier molecular flexibility index (Phi) is 4.54. The summed E-state index contributed by atoms with van der Waals surface area (Å²) in [6.07, 6.45) is 6.96. The smallest absolute Gasteiger partial charge is 0.122 e. The molecule has 1 N–H and O–H groups in total. The Morgan fingerprint density at radius 1 is 1.19 bits per heavy atom. The van der Waals surface area contributed by atoms with Crippen molar-refractivity contribution in [1.82, 2.24) is 5.32 Å². The molecule has 1 aromatic rings. The Morgan fingerprint density at radius 3 is 2.67 bits per heavy atom. The molecule has 2 aliphatic rings. The molecule has 0 aromatic heterocycles. The molecule has 5 unspecified atom stereocenters. The number of benzene rings is 1. The molecule has 0 saturated heterocycles. The van der Waals surface area contributed by atoms with Crippen LogP contribution in [-0.4, -0.2) is 19.2 Å². The molecule has 5 atom stereocenters. The van der Waals surface area contributed by atoms with Gasteiger partial charge in [0, 0.05) is 12.1 Å². The molecule has 3 rings (SSSR count). The first-order valence-electron chi connectivity index (χ1n) is 8.55. The van der Waals surface area contributed by atoms with E-state index in [0.717, 1.165) is 29.9 Å². The van der Waals surface area contributed by atoms with Crippen LogP contribution in [0.15, 0.2) is 24.3 Å². The van der Waals surface area contributed by atoms with Crippen LogP contribution in [0.3, 0.4) is 0 Å². The Hall–Kier alpha value is -1.02. The minimum atomic E-state index is 0.496. The maximum Gasteiger partial charge on any atom is 0.122 e. The van der Waals surface area contributed by atoms with E-state index in [9.17, 15) is 0 Å². The van der Waals surface area contributed by atoms with Gasteiger partial charge >= 0.3 is 0 Å². The molecule has 2 heteroatoms. The van der Waals surface area contributed by atoms with E-state index < -0.39 is 0 Å². The third kappa shape index (κ3) is 3.26. The highest BCUT2D eigenvalue weighted by molar-refractivity contribution is 5.33. The van der Waals surface area contributed by atoms with Crippen molar-refractivity contribution in [3.05, 3.63) is 29.8 Å². The number of hydrogen-bond acceptors (Lipinski definition) is 2. The number of hydrogen-bond donors (Lipinski definition) is 1. The van der Waals surface area contributed by atoms with Crippen molar-refractivity contribution >= 4 is 0 Å². The summed E-state index contributed by atoms with van der Waals surface area (Å²) in [5.74, 6) is 3.95. The van der Waals surface area contributed by atoms with E-state index in [1.165, 1.54) is 31.2 Å². The van der Waals surface area contributed by atoms with E-state index in [1.807, 2.05) is 6.07 Å². The van der Waals surface area contributed by atoms with E-state index in [4.69, 9.17) is 4.74 Å². The molecule has 2 nitrogen and oxygen atoms in total. The highest BCUT2D eigenvalue weighted by Crippen LogP contribution is 2.49. The fraction of sp³-hybridized carbons (Fsp3) is 0.684. The van der Waals surface area contributed by atoms with Gasteiger partial charge in [0.2, 0.25) is 0 Å². The summed E-state index contributed by atoms with van der Waals surface area (Å²) in [7, 11) is 1.76. The van der Waals surface area contributed by atoms with Gasteiger partial charge in [0.25, 0.3) is 0 Å². The maximum absolute atomic E-state index is 5.46. The Labute approximate surface area is 129 Å². The van der Waals surface area contributed by atoms with Crippen molar-refractivity contribution < 1.29 is 4.74 Å². The van der Waals surface area contributed by atoms with Gasteiger partial charge in [-0.15, -0.1) is 0 Å². The van der Waals surface area contributed by atoms with Crippen LogP contribution >= 0.6 is 0 Å². The molecule has 2 bridgehead atoms. The molecular formula is C19H29NO. The lowest BCUT2D eigenvalue weighted by Crippen LogP contribution is -2.42.